The third kappa shape index (κ3) is 7.05. The first kappa shape index (κ1) is 30.0. The van der Waals surface area contributed by atoms with E-state index in [9.17, 15) is 24.3 Å². The summed E-state index contributed by atoms with van der Waals surface area (Å²) < 4.78 is 5.55. The van der Waals surface area contributed by atoms with E-state index < -0.39 is 36.1 Å². The largest absolute Gasteiger partial charge is 0.480 e. The molecule has 41 heavy (non-hydrogen) atoms. The van der Waals surface area contributed by atoms with Crippen LogP contribution in [0.2, 0.25) is 0 Å². The van der Waals surface area contributed by atoms with Crippen molar-refractivity contribution in [2.45, 2.75) is 70.0 Å². The lowest BCUT2D eigenvalue weighted by Gasteiger charge is -2.28. The monoisotopic (exact) mass is 564 g/mol. The number of alkyl carbamates (subject to hydrolysis) is 1. The van der Waals surface area contributed by atoms with Crippen molar-refractivity contribution in [2.24, 2.45) is 11.7 Å². The molecule has 0 spiro atoms. The van der Waals surface area contributed by atoms with Gasteiger partial charge in [0.15, 0.2) is 0 Å². The molecule has 4 rings (SSSR count). The summed E-state index contributed by atoms with van der Waals surface area (Å²) in [5, 5.41) is 14.7. The Morgan fingerprint density at radius 3 is 2.27 bits per heavy atom. The van der Waals surface area contributed by atoms with Crippen molar-refractivity contribution in [2.75, 3.05) is 19.7 Å². The Labute approximate surface area is 240 Å². The minimum Gasteiger partial charge on any atom is -0.480 e. The predicted octanol–water partition coefficient (Wildman–Crippen LogP) is 3.24. The van der Waals surface area contributed by atoms with Crippen LogP contribution in [-0.2, 0) is 19.1 Å². The zero-order chi connectivity index (χ0) is 29.5. The van der Waals surface area contributed by atoms with Gasteiger partial charge in [0.05, 0.1) is 6.04 Å². The summed E-state index contributed by atoms with van der Waals surface area (Å²) in [7, 11) is 0. The van der Waals surface area contributed by atoms with E-state index in [2.05, 4.69) is 34.9 Å². The van der Waals surface area contributed by atoms with Crippen molar-refractivity contribution in [3.63, 3.8) is 0 Å². The van der Waals surface area contributed by atoms with Crippen LogP contribution in [0.25, 0.3) is 11.1 Å². The molecule has 2 aromatic rings. The van der Waals surface area contributed by atoms with Crippen LogP contribution >= 0.6 is 0 Å². The Kier molecular flexibility index (Phi) is 9.99. The van der Waals surface area contributed by atoms with Gasteiger partial charge < -0.3 is 31.1 Å². The number of carboxylic acid groups (broad SMARTS) is 1. The number of aliphatic carboxylic acids is 1. The smallest absolute Gasteiger partial charge is 0.407 e. The Bertz CT molecular complexity index is 1220. The summed E-state index contributed by atoms with van der Waals surface area (Å²) in [5.74, 6) is -2.17. The molecule has 1 fully saturated rings. The molecule has 3 amide bonds. The number of nitrogens with zero attached hydrogens (tertiary/aromatic N) is 1. The molecule has 5 N–H and O–H groups in total. The number of carbonyl (C=O) groups is 4. The Balaban J connectivity index is 1.17. The molecule has 220 valence electrons. The number of likely N-dealkylation sites (tertiary alicyclic amines) is 1. The molecule has 2 aliphatic rings. The van der Waals surface area contributed by atoms with Gasteiger partial charge in [0.2, 0.25) is 11.8 Å². The first-order chi connectivity index (χ1) is 19.7. The summed E-state index contributed by atoms with van der Waals surface area (Å²) in [4.78, 5) is 51.1. The van der Waals surface area contributed by atoms with Crippen LogP contribution in [0.1, 0.15) is 63.0 Å². The number of nitrogens with two attached hydrogens (primary N) is 1. The van der Waals surface area contributed by atoms with E-state index in [1.165, 1.54) is 16.0 Å². The van der Waals surface area contributed by atoms with Gasteiger partial charge in [0.1, 0.15) is 18.7 Å². The molecule has 3 atom stereocenters. The number of benzene rings is 2. The van der Waals surface area contributed by atoms with Crippen LogP contribution in [0.5, 0.6) is 0 Å². The number of hydrogen-bond acceptors (Lipinski definition) is 6. The fraction of sp³-hybridized carbons (Fsp3) is 0.484. The first-order valence-corrected chi connectivity index (χ1v) is 14.4. The second-order valence-corrected chi connectivity index (χ2v) is 11.1. The fourth-order valence-corrected chi connectivity index (χ4v) is 5.73. The van der Waals surface area contributed by atoms with Gasteiger partial charge in [-0.1, -0.05) is 62.4 Å². The molecule has 0 bridgehead atoms. The summed E-state index contributed by atoms with van der Waals surface area (Å²) in [6.07, 6.45) is 2.26. The number of ether oxygens (including phenoxy) is 1. The maximum Gasteiger partial charge on any atom is 0.407 e. The average Bonchev–Trinajstić information content (AvgIpc) is 3.57. The average molecular weight is 565 g/mol. The predicted molar refractivity (Wildman–Crippen MR) is 154 cm³/mol. The van der Waals surface area contributed by atoms with Crippen molar-refractivity contribution in [1.29, 1.82) is 0 Å². The van der Waals surface area contributed by atoms with Crippen molar-refractivity contribution in [3.05, 3.63) is 59.7 Å². The molecule has 10 nitrogen and oxygen atoms in total. The molecule has 1 heterocycles. The highest BCUT2D eigenvalue weighted by molar-refractivity contribution is 5.92. The van der Waals surface area contributed by atoms with E-state index in [1.54, 1.807) is 13.8 Å². The number of amides is 3. The zero-order valence-corrected chi connectivity index (χ0v) is 23.7. The van der Waals surface area contributed by atoms with Gasteiger partial charge >= 0.3 is 12.1 Å². The van der Waals surface area contributed by atoms with Crippen LogP contribution in [-0.4, -0.2) is 71.7 Å². The highest BCUT2D eigenvalue weighted by Crippen LogP contribution is 2.44. The SMILES string of the molecule is CC(C)[C@H](NC(=O)[C@@H]1CCCN1C(=O)[C@@H](N)CCCCNC(=O)OCC1c2ccccc2-c2ccccc21)C(=O)O. The number of fused-ring (bicyclic) bond motifs is 3. The van der Waals surface area contributed by atoms with Gasteiger partial charge in [0, 0.05) is 19.0 Å². The number of nitrogens with one attached hydrogen (secondary N) is 2. The molecule has 0 saturated carbocycles. The van der Waals surface area contributed by atoms with E-state index in [0.717, 1.165) is 11.1 Å². The topological polar surface area (TPSA) is 151 Å². The van der Waals surface area contributed by atoms with Gasteiger partial charge in [-0.15, -0.1) is 0 Å². The Hall–Kier alpha value is -3.92. The first-order valence-electron chi connectivity index (χ1n) is 14.4. The Morgan fingerprint density at radius 2 is 1.66 bits per heavy atom. The summed E-state index contributed by atoms with van der Waals surface area (Å²) in [6, 6.07) is 13.8. The van der Waals surface area contributed by atoms with E-state index in [-0.39, 0.29) is 24.3 Å². The van der Waals surface area contributed by atoms with Crippen molar-refractivity contribution in [3.8, 4) is 11.1 Å². The summed E-state index contributed by atoms with van der Waals surface area (Å²) in [6.45, 7) is 4.48. The highest BCUT2D eigenvalue weighted by atomic mass is 16.5. The molecule has 0 radical (unpaired) electrons. The van der Waals surface area contributed by atoms with Gasteiger partial charge in [-0.2, -0.15) is 0 Å². The molecule has 1 aliphatic carbocycles. The Morgan fingerprint density at radius 1 is 1.02 bits per heavy atom. The highest BCUT2D eigenvalue weighted by Gasteiger charge is 2.38. The number of rotatable bonds is 12. The van der Waals surface area contributed by atoms with Gasteiger partial charge in [-0.25, -0.2) is 9.59 Å². The number of carboxylic acids is 1. The molecular formula is C31H40N4O6. The van der Waals surface area contributed by atoms with E-state index >= 15 is 0 Å². The van der Waals surface area contributed by atoms with Crippen molar-refractivity contribution < 1.29 is 29.0 Å². The van der Waals surface area contributed by atoms with Crippen LogP contribution in [0, 0.1) is 5.92 Å². The van der Waals surface area contributed by atoms with Crippen LogP contribution in [0.15, 0.2) is 48.5 Å². The molecule has 1 aliphatic heterocycles. The van der Waals surface area contributed by atoms with E-state index in [4.69, 9.17) is 10.5 Å². The van der Waals surface area contributed by atoms with E-state index in [1.807, 2.05) is 24.3 Å². The summed E-state index contributed by atoms with van der Waals surface area (Å²) in [5.41, 5.74) is 10.8. The van der Waals surface area contributed by atoms with E-state index in [0.29, 0.717) is 45.2 Å². The zero-order valence-electron chi connectivity index (χ0n) is 23.7. The fourth-order valence-electron chi connectivity index (χ4n) is 5.73. The second-order valence-electron chi connectivity index (χ2n) is 11.1. The maximum atomic E-state index is 13.0. The lowest BCUT2D eigenvalue weighted by Crippen LogP contribution is -2.54. The van der Waals surface area contributed by atoms with Crippen LogP contribution in [0.4, 0.5) is 4.79 Å². The van der Waals surface area contributed by atoms with Crippen LogP contribution in [0.3, 0.4) is 0 Å². The minimum absolute atomic E-state index is 0.00552. The van der Waals surface area contributed by atoms with Crippen molar-refractivity contribution >= 4 is 23.9 Å². The summed E-state index contributed by atoms with van der Waals surface area (Å²) >= 11 is 0. The quantitative estimate of drug-likeness (QED) is 0.289. The molecule has 10 heteroatoms. The number of unbranched alkanes of at least 4 members (excludes halogenated alkanes) is 1. The molecule has 1 saturated heterocycles. The van der Waals surface area contributed by atoms with Gasteiger partial charge in [-0.3, -0.25) is 9.59 Å². The maximum absolute atomic E-state index is 13.0. The second kappa shape index (κ2) is 13.6. The molecule has 2 aromatic carbocycles. The van der Waals surface area contributed by atoms with Gasteiger partial charge in [0.25, 0.3) is 0 Å². The standard InChI is InChI=1S/C31H40N4O6/c1-19(2)27(30(38)39)34-28(36)26-15-9-17-35(26)29(37)25(32)14-7-8-16-33-31(40)41-18-24-22-12-5-3-10-20(22)21-11-4-6-13-23(21)24/h3-6,10-13,19,24-27H,7-9,14-18,32H2,1-2H3,(H,33,40)(H,34,36)(H,38,39)/t25-,26-,27-/m0/s1. The lowest BCUT2D eigenvalue weighted by molar-refractivity contribution is -0.145. The number of carbonyl (C=O) groups excluding carboxylic acids is 3. The minimum atomic E-state index is -1.10. The normalized spacial score (nSPS) is 17.5. The molecule has 0 aromatic heterocycles. The third-order valence-electron chi connectivity index (χ3n) is 7.94. The van der Waals surface area contributed by atoms with Crippen molar-refractivity contribution in [1.82, 2.24) is 15.5 Å². The number of hydrogen-bond donors (Lipinski definition) is 4. The third-order valence-corrected chi connectivity index (χ3v) is 7.94. The van der Waals surface area contributed by atoms with Crippen LogP contribution < -0.4 is 16.4 Å². The molecular weight excluding hydrogens is 524 g/mol. The lowest BCUT2D eigenvalue weighted by atomic mass is 9.98. The molecule has 0 unspecified atom stereocenters. The van der Waals surface area contributed by atoms with Gasteiger partial charge in [-0.05, 0) is 60.3 Å².